The summed E-state index contributed by atoms with van der Waals surface area (Å²) in [6.07, 6.45) is 3.64. The second-order valence-electron chi connectivity index (χ2n) is 4.92. The van der Waals surface area contributed by atoms with Gasteiger partial charge in [0.15, 0.2) is 0 Å². The summed E-state index contributed by atoms with van der Waals surface area (Å²) in [6, 6.07) is 12.5. The highest BCUT2D eigenvalue weighted by Crippen LogP contribution is 2.35. The van der Waals surface area contributed by atoms with Crippen molar-refractivity contribution < 1.29 is 0 Å². The number of hydrogen-bond donors (Lipinski definition) is 0. The van der Waals surface area contributed by atoms with Crippen LogP contribution in [-0.4, -0.2) is 0 Å². The molecule has 1 unspecified atom stereocenters. The Balaban J connectivity index is 1.94. The first-order valence-electron chi connectivity index (χ1n) is 6.36. The van der Waals surface area contributed by atoms with Gasteiger partial charge in [0.05, 0.1) is 10.4 Å². The Hall–Kier alpha value is -0.500. The van der Waals surface area contributed by atoms with Crippen LogP contribution in [0.3, 0.4) is 0 Å². The lowest BCUT2D eigenvalue weighted by Crippen LogP contribution is -1.95. The van der Waals surface area contributed by atoms with E-state index in [2.05, 4.69) is 34.1 Å². The van der Waals surface area contributed by atoms with Gasteiger partial charge in [0.2, 0.25) is 0 Å². The van der Waals surface area contributed by atoms with Crippen LogP contribution >= 0.6 is 39.1 Å². The molecule has 19 heavy (non-hydrogen) atoms. The zero-order valence-electron chi connectivity index (χ0n) is 10.3. The van der Waals surface area contributed by atoms with Crippen molar-refractivity contribution in [3.05, 3.63) is 68.1 Å². The number of halogens is 3. The summed E-state index contributed by atoms with van der Waals surface area (Å²) in [5.74, 6) is 0. The van der Waals surface area contributed by atoms with Crippen molar-refractivity contribution >= 4 is 39.1 Å². The van der Waals surface area contributed by atoms with Gasteiger partial charge in [-0.3, -0.25) is 0 Å². The maximum Gasteiger partial charge on any atom is 0.0836 e. The molecule has 0 fully saturated rings. The fraction of sp³-hybridized carbons (Fsp3) is 0.250. The zero-order chi connectivity index (χ0) is 13.4. The monoisotopic (exact) mass is 354 g/mol. The molecule has 2 aromatic rings. The lowest BCUT2D eigenvalue weighted by atomic mass is 10.00. The molecule has 0 aliphatic heterocycles. The van der Waals surface area contributed by atoms with Gasteiger partial charge in [-0.1, -0.05) is 35.9 Å². The Labute approximate surface area is 131 Å². The second-order valence-corrected chi connectivity index (χ2v) is 6.62. The fourth-order valence-corrected chi connectivity index (χ4v) is 3.32. The van der Waals surface area contributed by atoms with Crippen LogP contribution in [0.1, 0.15) is 34.1 Å². The number of fused-ring (bicyclic) bond motifs is 1. The maximum absolute atomic E-state index is 6.58. The number of hydrogen-bond acceptors (Lipinski definition) is 0. The van der Waals surface area contributed by atoms with Crippen molar-refractivity contribution in [3.8, 4) is 0 Å². The number of rotatable bonds is 2. The second kappa shape index (κ2) is 5.47. The first-order valence-corrected chi connectivity index (χ1v) is 7.96. The molecule has 0 radical (unpaired) electrons. The van der Waals surface area contributed by atoms with E-state index < -0.39 is 0 Å². The quantitative estimate of drug-likeness (QED) is 0.586. The molecule has 98 valence electrons. The van der Waals surface area contributed by atoms with Crippen LogP contribution < -0.4 is 0 Å². The summed E-state index contributed by atoms with van der Waals surface area (Å²) in [5.41, 5.74) is 5.11. The van der Waals surface area contributed by atoms with Gasteiger partial charge >= 0.3 is 0 Å². The summed E-state index contributed by atoms with van der Waals surface area (Å²) < 4.78 is 0.899. The van der Waals surface area contributed by atoms with Crippen molar-refractivity contribution in [1.29, 1.82) is 0 Å². The van der Waals surface area contributed by atoms with Crippen molar-refractivity contribution in [2.45, 2.75) is 24.6 Å². The Morgan fingerprint density at radius 1 is 0.947 bits per heavy atom. The van der Waals surface area contributed by atoms with Crippen LogP contribution in [0.2, 0.25) is 5.02 Å². The summed E-state index contributed by atoms with van der Waals surface area (Å²) in [6.45, 7) is 0. The Bertz CT molecular complexity index is 622. The lowest BCUT2D eigenvalue weighted by molar-refractivity contribution is 0.911. The summed E-state index contributed by atoms with van der Waals surface area (Å²) in [7, 11) is 0. The predicted octanol–water partition coefficient (Wildman–Crippen LogP) is 5.92. The molecule has 2 aromatic carbocycles. The van der Waals surface area contributed by atoms with Gasteiger partial charge in [-0.05, 0) is 69.6 Å². The Kier molecular flexibility index (Phi) is 3.88. The van der Waals surface area contributed by atoms with Crippen LogP contribution in [0.5, 0.6) is 0 Å². The van der Waals surface area contributed by atoms with E-state index in [1.807, 2.05) is 18.2 Å². The van der Waals surface area contributed by atoms with Crippen LogP contribution in [0.4, 0.5) is 0 Å². The summed E-state index contributed by atoms with van der Waals surface area (Å²) in [4.78, 5) is 0. The van der Waals surface area contributed by atoms with Gasteiger partial charge in [0, 0.05) is 4.47 Å². The molecule has 0 bridgehead atoms. The smallest absolute Gasteiger partial charge is 0.0836 e. The zero-order valence-corrected chi connectivity index (χ0v) is 13.4. The van der Waals surface area contributed by atoms with Crippen LogP contribution in [0.25, 0.3) is 0 Å². The van der Waals surface area contributed by atoms with E-state index >= 15 is 0 Å². The van der Waals surface area contributed by atoms with E-state index in [0.29, 0.717) is 5.02 Å². The van der Waals surface area contributed by atoms with Crippen LogP contribution in [0, 0.1) is 0 Å². The van der Waals surface area contributed by atoms with Gasteiger partial charge in [-0.15, -0.1) is 11.6 Å². The van der Waals surface area contributed by atoms with Crippen molar-refractivity contribution in [2.24, 2.45) is 0 Å². The Morgan fingerprint density at radius 2 is 1.63 bits per heavy atom. The highest BCUT2D eigenvalue weighted by atomic mass is 79.9. The SMILES string of the molecule is Clc1cc(C(Cl)c2ccc3c(c2)CCC3)ccc1Br. The molecule has 0 heterocycles. The van der Waals surface area contributed by atoms with E-state index in [4.69, 9.17) is 23.2 Å². The molecule has 0 saturated carbocycles. The average molecular weight is 356 g/mol. The third kappa shape index (κ3) is 2.69. The number of alkyl halides is 1. The lowest BCUT2D eigenvalue weighted by Gasteiger charge is -2.13. The minimum absolute atomic E-state index is 0.142. The highest BCUT2D eigenvalue weighted by molar-refractivity contribution is 9.10. The molecule has 3 rings (SSSR count). The Morgan fingerprint density at radius 3 is 2.42 bits per heavy atom. The van der Waals surface area contributed by atoms with Crippen LogP contribution in [0.15, 0.2) is 40.9 Å². The third-order valence-corrected chi connectivity index (χ3v) is 5.39. The minimum Gasteiger partial charge on any atom is -0.113 e. The van der Waals surface area contributed by atoms with Gasteiger partial charge < -0.3 is 0 Å². The predicted molar refractivity (Wildman–Crippen MR) is 85.3 cm³/mol. The largest absolute Gasteiger partial charge is 0.113 e. The molecule has 0 nitrogen and oxygen atoms in total. The topological polar surface area (TPSA) is 0 Å². The molecule has 1 aliphatic rings. The highest BCUT2D eigenvalue weighted by Gasteiger charge is 2.16. The average Bonchev–Trinajstić information content (AvgIpc) is 2.88. The molecule has 0 saturated heterocycles. The molecular formula is C16H13BrCl2. The summed E-state index contributed by atoms with van der Waals surface area (Å²) in [5, 5.41) is 0.556. The van der Waals surface area contributed by atoms with E-state index in [1.54, 1.807) is 0 Å². The molecule has 0 aromatic heterocycles. The minimum atomic E-state index is -0.142. The van der Waals surface area contributed by atoms with Crippen molar-refractivity contribution in [3.63, 3.8) is 0 Å². The third-order valence-electron chi connectivity index (χ3n) is 3.65. The molecule has 0 N–H and O–H groups in total. The normalized spacial score (nSPS) is 15.3. The van der Waals surface area contributed by atoms with E-state index in [1.165, 1.54) is 30.4 Å². The van der Waals surface area contributed by atoms with E-state index in [9.17, 15) is 0 Å². The number of aryl methyl sites for hydroxylation is 2. The molecule has 0 spiro atoms. The molecule has 0 amide bonds. The molecule has 3 heteroatoms. The maximum atomic E-state index is 6.58. The molecular weight excluding hydrogens is 343 g/mol. The van der Waals surface area contributed by atoms with Crippen molar-refractivity contribution in [1.82, 2.24) is 0 Å². The fourth-order valence-electron chi connectivity index (χ4n) is 2.61. The van der Waals surface area contributed by atoms with Gasteiger partial charge in [0.25, 0.3) is 0 Å². The van der Waals surface area contributed by atoms with Gasteiger partial charge in [-0.25, -0.2) is 0 Å². The van der Waals surface area contributed by atoms with Gasteiger partial charge in [-0.2, -0.15) is 0 Å². The standard InChI is InChI=1S/C16H13BrCl2/c17-14-7-6-13(9-15(14)18)16(19)12-5-4-10-2-1-3-11(10)8-12/h4-9,16H,1-3H2. The summed E-state index contributed by atoms with van der Waals surface area (Å²) >= 11 is 16.1. The molecule has 1 aliphatic carbocycles. The van der Waals surface area contributed by atoms with Crippen molar-refractivity contribution in [2.75, 3.05) is 0 Å². The van der Waals surface area contributed by atoms with Gasteiger partial charge in [0.1, 0.15) is 0 Å². The first-order chi connectivity index (χ1) is 9.15. The van der Waals surface area contributed by atoms with Crippen LogP contribution in [-0.2, 0) is 12.8 Å². The first kappa shape index (κ1) is 13.5. The van der Waals surface area contributed by atoms with E-state index in [0.717, 1.165) is 15.6 Å². The number of benzene rings is 2. The van der Waals surface area contributed by atoms with E-state index in [-0.39, 0.29) is 5.38 Å². The molecule has 1 atom stereocenters.